The van der Waals surface area contributed by atoms with Crippen LogP contribution in [-0.2, 0) is 4.79 Å². The van der Waals surface area contributed by atoms with Gasteiger partial charge >= 0.3 is 0 Å². The highest BCUT2D eigenvalue weighted by Crippen LogP contribution is 2.24. The minimum atomic E-state index is 0.126. The fourth-order valence-corrected chi connectivity index (χ4v) is 2.83. The third kappa shape index (κ3) is 3.02. The van der Waals surface area contributed by atoms with Crippen LogP contribution in [0.1, 0.15) is 32.1 Å². The van der Waals surface area contributed by atoms with Crippen molar-refractivity contribution in [2.45, 2.75) is 38.1 Å². The van der Waals surface area contributed by atoms with E-state index in [9.17, 15) is 4.79 Å². The van der Waals surface area contributed by atoms with E-state index < -0.39 is 0 Å². The minimum Gasteiger partial charge on any atom is -0.313 e. The average molecular weight is 210 g/mol. The summed E-state index contributed by atoms with van der Waals surface area (Å²) in [6, 6.07) is 0.126. The first kappa shape index (κ1) is 11.1. The van der Waals surface area contributed by atoms with E-state index in [0.29, 0.717) is 0 Å². The predicted molar refractivity (Wildman–Crippen MR) is 60.9 cm³/mol. The van der Waals surface area contributed by atoms with Crippen molar-refractivity contribution in [3.05, 3.63) is 0 Å². The Morgan fingerprint density at radius 2 is 2.07 bits per heavy atom. The number of piperazine rings is 1. The van der Waals surface area contributed by atoms with Gasteiger partial charge < -0.3 is 10.1 Å². The Labute approximate surface area is 92.2 Å². The van der Waals surface area contributed by atoms with Crippen molar-refractivity contribution in [2.75, 3.05) is 26.2 Å². The minimum absolute atomic E-state index is 0.126. The summed E-state index contributed by atoms with van der Waals surface area (Å²) in [5.41, 5.74) is 0. The average Bonchev–Trinajstić information content (AvgIpc) is 2.31. The zero-order valence-electron chi connectivity index (χ0n) is 9.45. The van der Waals surface area contributed by atoms with Crippen LogP contribution in [0.5, 0.6) is 0 Å². The third-order valence-corrected chi connectivity index (χ3v) is 3.77. The molecule has 0 amide bonds. The molecule has 1 N–H and O–H groups in total. The lowest BCUT2D eigenvalue weighted by atomic mass is 9.88. The molecule has 1 atom stereocenters. The topological polar surface area (TPSA) is 32.3 Å². The van der Waals surface area contributed by atoms with E-state index >= 15 is 0 Å². The van der Waals surface area contributed by atoms with Crippen LogP contribution in [0.4, 0.5) is 0 Å². The van der Waals surface area contributed by atoms with Gasteiger partial charge in [0, 0.05) is 26.2 Å². The molecule has 2 aliphatic rings. The van der Waals surface area contributed by atoms with Gasteiger partial charge in [0.25, 0.3) is 0 Å². The van der Waals surface area contributed by atoms with Crippen LogP contribution in [0.15, 0.2) is 0 Å². The maximum Gasteiger partial charge on any atom is 0.138 e. The largest absolute Gasteiger partial charge is 0.313 e. The molecule has 0 spiro atoms. The van der Waals surface area contributed by atoms with E-state index in [4.69, 9.17) is 0 Å². The first-order chi connectivity index (χ1) is 7.40. The lowest BCUT2D eigenvalue weighted by Crippen LogP contribution is -2.53. The molecule has 1 unspecified atom stereocenters. The van der Waals surface area contributed by atoms with E-state index in [-0.39, 0.29) is 6.04 Å². The van der Waals surface area contributed by atoms with Gasteiger partial charge in [0.05, 0.1) is 6.04 Å². The Kier molecular flexibility index (Phi) is 4.15. The maximum absolute atomic E-state index is 10.9. The number of carbonyl (C=O) groups is 1. The summed E-state index contributed by atoms with van der Waals surface area (Å²) in [6.07, 6.45) is 8.04. The molecular formula is C12H22N2O. The molecule has 0 aromatic carbocycles. The van der Waals surface area contributed by atoms with Gasteiger partial charge in [-0.15, -0.1) is 0 Å². The molecule has 1 aliphatic carbocycles. The molecular weight excluding hydrogens is 188 g/mol. The van der Waals surface area contributed by atoms with Crippen molar-refractivity contribution in [2.24, 2.45) is 5.92 Å². The second kappa shape index (κ2) is 5.61. The number of nitrogens with zero attached hydrogens (tertiary/aromatic N) is 1. The van der Waals surface area contributed by atoms with Crippen molar-refractivity contribution in [1.82, 2.24) is 10.2 Å². The van der Waals surface area contributed by atoms with Crippen LogP contribution < -0.4 is 5.32 Å². The third-order valence-electron chi connectivity index (χ3n) is 3.77. The predicted octanol–water partition coefficient (Wildman–Crippen LogP) is 1.04. The van der Waals surface area contributed by atoms with Gasteiger partial charge in [-0.05, 0) is 18.8 Å². The van der Waals surface area contributed by atoms with Gasteiger partial charge in [0.15, 0.2) is 0 Å². The first-order valence-corrected chi connectivity index (χ1v) is 6.30. The molecule has 3 nitrogen and oxygen atoms in total. The van der Waals surface area contributed by atoms with Crippen molar-refractivity contribution in [3.8, 4) is 0 Å². The molecule has 0 aromatic heterocycles. The second-order valence-electron chi connectivity index (χ2n) is 4.91. The van der Waals surface area contributed by atoms with E-state index in [1.807, 2.05) is 0 Å². The van der Waals surface area contributed by atoms with E-state index in [2.05, 4.69) is 10.2 Å². The quantitative estimate of drug-likeness (QED) is 0.706. The van der Waals surface area contributed by atoms with Crippen LogP contribution in [0.25, 0.3) is 0 Å². The second-order valence-corrected chi connectivity index (χ2v) is 4.91. The Hall–Kier alpha value is -0.410. The zero-order chi connectivity index (χ0) is 10.5. The van der Waals surface area contributed by atoms with Crippen LogP contribution in [0.2, 0.25) is 0 Å². The van der Waals surface area contributed by atoms with Crippen LogP contribution in [-0.4, -0.2) is 43.4 Å². The molecule has 1 heterocycles. The van der Waals surface area contributed by atoms with Crippen LogP contribution >= 0.6 is 0 Å². The van der Waals surface area contributed by atoms with Crippen molar-refractivity contribution in [1.29, 1.82) is 0 Å². The van der Waals surface area contributed by atoms with Crippen LogP contribution in [0.3, 0.4) is 0 Å². The van der Waals surface area contributed by atoms with Gasteiger partial charge in [-0.3, -0.25) is 4.90 Å². The molecule has 3 heteroatoms. The van der Waals surface area contributed by atoms with Gasteiger partial charge in [-0.2, -0.15) is 0 Å². The molecule has 2 rings (SSSR count). The van der Waals surface area contributed by atoms with Crippen molar-refractivity contribution in [3.63, 3.8) is 0 Å². The lowest BCUT2D eigenvalue weighted by Gasteiger charge is -2.36. The molecule has 1 saturated carbocycles. The van der Waals surface area contributed by atoms with E-state index in [1.165, 1.54) is 32.1 Å². The summed E-state index contributed by atoms with van der Waals surface area (Å²) >= 11 is 0. The monoisotopic (exact) mass is 210 g/mol. The Morgan fingerprint density at radius 3 is 2.80 bits per heavy atom. The fourth-order valence-electron chi connectivity index (χ4n) is 2.83. The summed E-state index contributed by atoms with van der Waals surface area (Å²) in [5, 5.41) is 3.28. The highest BCUT2D eigenvalue weighted by Gasteiger charge is 2.24. The standard InChI is InChI=1S/C12H22N2O/c15-10-12-8-13-6-7-14(12)9-11-4-2-1-3-5-11/h10-13H,1-9H2. The Bertz CT molecular complexity index is 202. The van der Waals surface area contributed by atoms with Crippen molar-refractivity contribution < 1.29 is 4.79 Å². The fraction of sp³-hybridized carbons (Fsp3) is 0.917. The lowest BCUT2D eigenvalue weighted by molar-refractivity contribution is -0.113. The summed E-state index contributed by atoms with van der Waals surface area (Å²) in [4.78, 5) is 13.3. The smallest absolute Gasteiger partial charge is 0.138 e. The Morgan fingerprint density at radius 1 is 1.27 bits per heavy atom. The van der Waals surface area contributed by atoms with Gasteiger partial charge in [-0.1, -0.05) is 19.3 Å². The number of carbonyl (C=O) groups excluding carboxylic acids is 1. The highest BCUT2D eigenvalue weighted by molar-refractivity contribution is 5.58. The molecule has 0 radical (unpaired) electrons. The summed E-state index contributed by atoms with van der Waals surface area (Å²) in [5.74, 6) is 0.847. The summed E-state index contributed by atoms with van der Waals surface area (Å²) < 4.78 is 0. The van der Waals surface area contributed by atoms with Crippen molar-refractivity contribution >= 4 is 6.29 Å². The molecule has 15 heavy (non-hydrogen) atoms. The molecule has 2 fully saturated rings. The SMILES string of the molecule is O=CC1CNCCN1CC1CCCCC1. The molecule has 1 aliphatic heterocycles. The van der Waals surface area contributed by atoms with Gasteiger partial charge in [0.1, 0.15) is 6.29 Å². The number of hydrogen-bond acceptors (Lipinski definition) is 3. The van der Waals surface area contributed by atoms with E-state index in [1.54, 1.807) is 0 Å². The maximum atomic E-state index is 10.9. The summed E-state index contributed by atoms with van der Waals surface area (Å²) in [6.45, 7) is 4.07. The zero-order valence-corrected chi connectivity index (χ0v) is 9.45. The van der Waals surface area contributed by atoms with Crippen LogP contribution in [0, 0.1) is 5.92 Å². The summed E-state index contributed by atoms with van der Waals surface area (Å²) in [7, 11) is 0. The molecule has 0 bridgehead atoms. The number of nitrogens with one attached hydrogen (secondary N) is 1. The highest BCUT2D eigenvalue weighted by atomic mass is 16.1. The molecule has 1 saturated heterocycles. The number of rotatable bonds is 3. The van der Waals surface area contributed by atoms with Gasteiger partial charge in [0.2, 0.25) is 0 Å². The molecule has 86 valence electrons. The number of hydrogen-bond donors (Lipinski definition) is 1. The first-order valence-electron chi connectivity index (χ1n) is 6.30. The number of aldehydes is 1. The van der Waals surface area contributed by atoms with E-state index in [0.717, 1.165) is 38.4 Å². The molecule has 0 aromatic rings. The Balaban J connectivity index is 1.82. The normalized spacial score (nSPS) is 30.3. The van der Waals surface area contributed by atoms with Gasteiger partial charge in [-0.25, -0.2) is 0 Å².